The molecule has 0 aliphatic heterocycles. The molecule has 0 saturated carbocycles. The first-order chi connectivity index (χ1) is 9.34. The van der Waals surface area contributed by atoms with Crippen molar-refractivity contribution >= 4 is 0 Å². The van der Waals surface area contributed by atoms with E-state index in [1.807, 2.05) is 24.0 Å². The highest BCUT2D eigenvalue weighted by Gasteiger charge is 1.97. The molecule has 1 rings (SSSR count). The first-order valence-corrected chi connectivity index (χ1v) is 6.66. The van der Waals surface area contributed by atoms with Gasteiger partial charge < -0.3 is 19.5 Å². The molecule has 0 aliphatic rings. The quantitative estimate of drug-likeness (QED) is 0.552. The zero-order valence-corrected chi connectivity index (χ0v) is 11.9. The van der Waals surface area contributed by atoms with Crippen molar-refractivity contribution in [1.29, 1.82) is 0 Å². The van der Waals surface area contributed by atoms with Crippen molar-refractivity contribution in [3.8, 4) is 0 Å². The summed E-state index contributed by atoms with van der Waals surface area (Å²) in [6.45, 7) is 5.02. The van der Waals surface area contributed by atoms with Gasteiger partial charge in [-0.25, -0.2) is 0 Å². The molecular formula is C13H25N3O3. The van der Waals surface area contributed by atoms with Crippen molar-refractivity contribution in [2.45, 2.75) is 6.42 Å². The van der Waals surface area contributed by atoms with E-state index < -0.39 is 0 Å². The summed E-state index contributed by atoms with van der Waals surface area (Å²) < 4.78 is 17.5. The average molecular weight is 271 g/mol. The van der Waals surface area contributed by atoms with Gasteiger partial charge in [0.25, 0.3) is 0 Å². The van der Waals surface area contributed by atoms with E-state index in [1.54, 1.807) is 7.11 Å². The minimum absolute atomic E-state index is 0.623. The number of aromatic nitrogens is 2. The van der Waals surface area contributed by atoms with Crippen LogP contribution in [0.2, 0.25) is 0 Å². The Kier molecular flexibility index (Phi) is 9.26. The molecule has 19 heavy (non-hydrogen) atoms. The fourth-order valence-corrected chi connectivity index (χ4v) is 1.60. The van der Waals surface area contributed by atoms with Crippen molar-refractivity contribution < 1.29 is 14.2 Å². The van der Waals surface area contributed by atoms with E-state index in [9.17, 15) is 0 Å². The van der Waals surface area contributed by atoms with Crippen LogP contribution in [0.1, 0.15) is 5.69 Å². The summed E-state index contributed by atoms with van der Waals surface area (Å²) in [7, 11) is 3.62. The number of aryl methyl sites for hydroxylation is 1. The van der Waals surface area contributed by atoms with Crippen LogP contribution in [0, 0.1) is 0 Å². The molecule has 1 N–H and O–H groups in total. The van der Waals surface area contributed by atoms with E-state index in [4.69, 9.17) is 14.2 Å². The summed E-state index contributed by atoms with van der Waals surface area (Å²) >= 11 is 0. The fraction of sp³-hybridized carbons (Fsp3) is 0.769. The van der Waals surface area contributed by atoms with Gasteiger partial charge in [0, 0.05) is 45.6 Å². The molecule has 1 aromatic heterocycles. The van der Waals surface area contributed by atoms with Crippen LogP contribution < -0.4 is 5.32 Å². The molecule has 0 atom stereocenters. The normalized spacial score (nSPS) is 11.1. The summed E-state index contributed by atoms with van der Waals surface area (Å²) in [5, 5.41) is 7.46. The van der Waals surface area contributed by atoms with E-state index in [0.717, 1.165) is 19.5 Å². The van der Waals surface area contributed by atoms with Crippen LogP contribution in [0.15, 0.2) is 12.3 Å². The SMILES string of the molecule is COCCOCCOCCNCCc1ccnn1C. The topological polar surface area (TPSA) is 57.5 Å². The van der Waals surface area contributed by atoms with Crippen molar-refractivity contribution in [3.05, 3.63) is 18.0 Å². The van der Waals surface area contributed by atoms with Gasteiger partial charge in [-0.1, -0.05) is 0 Å². The molecule has 0 aromatic carbocycles. The Bertz CT molecular complexity index is 318. The molecule has 0 unspecified atom stereocenters. The Labute approximate surface area is 115 Å². The van der Waals surface area contributed by atoms with Gasteiger partial charge in [0.1, 0.15) is 0 Å². The van der Waals surface area contributed by atoms with E-state index in [1.165, 1.54) is 5.69 Å². The van der Waals surface area contributed by atoms with Gasteiger partial charge in [0.2, 0.25) is 0 Å². The zero-order chi connectivity index (χ0) is 13.8. The highest BCUT2D eigenvalue weighted by Crippen LogP contribution is 1.95. The Hall–Kier alpha value is -0.950. The van der Waals surface area contributed by atoms with Gasteiger partial charge in [-0.2, -0.15) is 5.10 Å². The highest BCUT2D eigenvalue weighted by atomic mass is 16.5. The smallest absolute Gasteiger partial charge is 0.0701 e. The number of rotatable bonds is 12. The molecule has 0 saturated heterocycles. The van der Waals surface area contributed by atoms with Gasteiger partial charge in [-0.15, -0.1) is 0 Å². The molecule has 0 spiro atoms. The molecule has 0 bridgehead atoms. The predicted octanol–water partition coefficient (Wildman–Crippen LogP) is 0.232. The summed E-state index contributed by atoms with van der Waals surface area (Å²) in [6, 6.07) is 2.04. The number of methoxy groups -OCH3 is 1. The standard InChI is InChI=1S/C13H25N3O3/c1-16-13(4-6-15-16)3-5-14-7-8-18-11-12-19-10-9-17-2/h4,6,14H,3,5,7-12H2,1-2H3. The lowest BCUT2D eigenvalue weighted by Crippen LogP contribution is -2.23. The minimum Gasteiger partial charge on any atom is -0.382 e. The van der Waals surface area contributed by atoms with Gasteiger partial charge in [-0.3, -0.25) is 4.68 Å². The second kappa shape index (κ2) is 10.9. The Balaban J connectivity index is 1.80. The molecular weight excluding hydrogens is 246 g/mol. The van der Waals surface area contributed by atoms with Gasteiger partial charge in [0.05, 0.1) is 33.0 Å². The maximum Gasteiger partial charge on any atom is 0.0701 e. The Morgan fingerprint density at radius 2 is 1.84 bits per heavy atom. The lowest BCUT2D eigenvalue weighted by molar-refractivity contribution is 0.0256. The molecule has 110 valence electrons. The monoisotopic (exact) mass is 271 g/mol. The van der Waals surface area contributed by atoms with Crippen LogP contribution in [0.3, 0.4) is 0 Å². The number of nitrogens with one attached hydrogen (secondary N) is 1. The van der Waals surface area contributed by atoms with E-state index >= 15 is 0 Å². The van der Waals surface area contributed by atoms with Crippen LogP contribution in [0.25, 0.3) is 0 Å². The molecule has 6 nitrogen and oxygen atoms in total. The second-order valence-corrected chi connectivity index (χ2v) is 4.16. The largest absolute Gasteiger partial charge is 0.382 e. The molecule has 6 heteroatoms. The predicted molar refractivity (Wildman–Crippen MR) is 73.3 cm³/mol. The highest BCUT2D eigenvalue weighted by molar-refractivity contribution is 5.00. The first-order valence-electron chi connectivity index (χ1n) is 6.66. The number of hydrogen-bond donors (Lipinski definition) is 1. The molecule has 0 fully saturated rings. The van der Waals surface area contributed by atoms with E-state index in [0.29, 0.717) is 33.0 Å². The van der Waals surface area contributed by atoms with Crippen LogP contribution >= 0.6 is 0 Å². The van der Waals surface area contributed by atoms with Crippen molar-refractivity contribution in [2.24, 2.45) is 7.05 Å². The number of hydrogen-bond acceptors (Lipinski definition) is 5. The van der Waals surface area contributed by atoms with Crippen molar-refractivity contribution in [2.75, 3.05) is 53.2 Å². The summed E-state index contributed by atoms with van der Waals surface area (Å²) in [6.07, 6.45) is 2.80. The lowest BCUT2D eigenvalue weighted by atomic mass is 10.3. The number of nitrogens with zero attached hydrogens (tertiary/aromatic N) is 2. The third-order valence-corrected chi connectivity index (χ3v) is 2.71. The molecule has 1 aromatic rings. The van der Waals surface area contributed by atoms with Crippen LogP contribution in [-0.4, -0.2) is 63.0 Å². The molecule has 0 radical (unpaired) electrons. The summed E-state index contributed by atoms with van der Waals surface area (Å²) in [4.78, 5) is 0. The maximum atomic E-state index is 5.43. The Morgan fingerprint density at radius 1 is 1.11 bits per heavy atom. The fourth-order valence-electron chi connectivity index (χ4n) is 1.60. The summed E-state index contributed by atoms with van der Waals surface area (Å²) in [5.74, 6) is 0. The van der Waals surface area contributed by atoms with Crippen LogP contribution in [0.5, 0.6) is 0 Å². The zero-order valence-electron chi connectivity index (χ0n) is 11.9. The van der Waals surface area contributed by atoms with Gasteiger partial charge in [-0.05, 0) is 6.07 Å². The molecule has 1 heterocycles. The van der Waals surface area contributed by atoms with Crippen molar-refractivity contribution in [3.63, 3.8) is 0 Å². The van der Waals surface area contributed by atoms with Crippen LogP contribution in [-0.2, 0) is 27.7 Å². The van der Waals surface area contributed by atoms with Crippen molar-refractivity contribution in [1.82, 2.24) is 15.1 Å². The van der Waals surface area contributed by atoms with Gasteiger partial charge in [0.15, 0.2) is 0 Å². The lowest BCUT2D eigenvalue weighted by Gasteiger charge is -2.07. The maximum absolute atomic E-state index is 5.43. The third kappa shape index (κ3) is 7.94. The third-order valence-electron chi connectivity index (χ3n) is 2.71. The number of ether oxygens (including phenoxy) is 3. The van der Waals surface area contributed by atoms with Crippen LogP contribution in [0.4, 0.5) is 0 Å². The molecule has 0 aliphatic carbocycles. The Morgan fingerprint density at radius 3 is 2.53 bits per heavy atom. The second-order valence-electron chi connectivity index (χ2n) is 4.16. The first kappa shape index (κ1) is 16.1. The van der Waals surface area contributed by atoms with E-state index in [-0.39, 0.29) is 0 Å². The van der Waals surface area contributed by atoms with Gasteiger partial charge >= 0.3 is 0 Å². The van der Waals surface area contributed by atoms with E-state index in [2.05, 4.69) is 10.4 Å². The minimum atomic E-state index is 0.623. The average Bonchev–Trinajstić information content (AvgIpc) is 2.82. The molecule has 0 amide bonds. The summed E-state index contributed by atoms with van der Waals surface area (Å²) in [5.41, 5.74) is 1.24.